The first-order chi connectivity index (χ1) is 7.63. The van der Waals surface area contributed by atoms with Crippen LogP contribution in [-0.4, -0.2) is 17.6 Å². The predicted molar refractivity (Wildman–Crippen MR) is 64.1 cm³/mol. The summed E-state index contributed by atoms with van der Waals surface area (Å²) in [5.74, 6) is 5.64. The topological polar surface area (TPSA) is 49.3 Å². The Morgan fingerprint density at radius 2 is 2.25 bits per heavy atom. The molecule has 16 heavy (non-hydrogen) atoms. The van der Waals surface area contributed by atoms with Gasteiger partial charge in [-0.2, -0.15) is 0 Å². The van der Waals surface area contributed by atoms with E-state index in [1.807, 2.05) is 25.1 Å². The Hall–Kier alpha value is -1.79. The number of carbonyl (C=O) groups is 1. The van der Waals surface area contributed by atoms with Gasteiger partial charge in [-0.15, -0.1) is 0 Å². The minimum absolute atomic E-state index is 0.0499. The van der Waals surface area contributed by atoms with Crippen LogP contribution in [0.5, 0.6) is 0 Å². The van der Waals surface area contributed by atoms with Gasteiger partial charge in [0.15, 0.2) is 0 Å². The van der Waals surface area contributed by atoms with Crippen molar-refractivity contribution >= 4 is 11.6 Å². The number of aliphatic hydroxyl groups excluding tert-OH is 1. The van der Waals surface area contributed by atoms with Crippen molar-refractivity contribution in [2.75, 3.05) is 11.9 Å². The normalized spacial score (nSPS) is 9.19. The van der Waals surface area contributed by atoms with Crippen LogP contribution in [0.2, 0.25) is 0 Å². The Morgan fingerprint density at radius 1 is 1.50 bits per heavy atom. The zero-order valence-corrected chi connectivity index (χ0v) is 9.50. The van der Waals surface area contributed by atoms with E-state index in [0.29, 0.717) is 6.42 Å². The van der Waals surface area contributed by atoms with Gasteiger partial charge < -0.3 is 10.4 Å². The number of carbonyl (C=O) groups excluding carboxylic acids is 1. The molecule has 0 aliphatic heterocycles. The van der Waals surface area contributed by atoms with E-state index in [2.05, 4.69) is 17.2 Å². The summed E-state index contributed by atoms with van der Waals surface area (Å²) in [4.78, 5) is 11.0. The van der Waals surface area contributed by atoms with E-state index in [9.17, 15) is 4.79 Å². The molecule has 0 saturated heterocycles. The van der Waals surface area contributed by atoms with Gasteiger partial charge in [-0.25, -0.2) is 0 Å². The molecular formula is C13H15NO2. The van der Waals surface area contributed by atoms with Crippen molar-refractivity contribution in [3.8, 4) is 11.8 Å². The van der Waals surface area contributed by atoms with Crippen molar-refractivity contribution in [1.29, 1.82) is 0 Å². The van der Waals surface area contributed by atoms with Crippen molar-refractivity contribution in [2.24, 2.45) is 0 Å². The number of hydrogen-bond acceptors (Lipinski definition) is 2. The van der Waals surface area contributed by atoms with Crippen LogP contribution in [-0.2, 0) is 4.79 Å². The molecule has 3 nitrogen and oxygen atoms in total. The highest BCUT2D eigenvalue weighted by Gasteiger charge is 2.01. The van der Waals surface area contributed by atoms with Crippen LogP contribution in [0.25, 0.3) is 0 Å². The number of hydrogen-bond donors (Lipinski definition) is 2. The van der Waals surface area contributed by atoms with Gasteiger partial charge in [0.25, 0.3) is 0 Å². The van der Waals surface area contributed by atoms with Gasteiger partial charge in [-0.3, -0.25) is 4.79 Å². The number of aliphatic hydroxyl groups is 1. The van der Waals surface area contributed by atoms with Crippen LogP contribution in [0.1, 0.15) is 24.5 Å². The molecule has 1 aromatic rings. The lowest BCUT2D eigenvalue weighted by Gasteiger charge is -2.06. The molecule has 0 atom stereocenters. The average Bonchev–Trinajstić information content (AvgIpc) is 2.20. The summed E-state index contributed by atoms with van der Waals surface area (Å²) >= 11 is 0. The number of nitrogens with one attached hydrogen (secondary N) is 1. The molecule has 84 valence electrons. The molecule has 1 rings (SSSR count). The third-order valence-electron chi connectivity index (χ3n) is 1.95. The van der Waals surface area contributed by atoms with E-state index in [1.165, 1.54) is 6.92 Å². The first-order valence-corrected chi connectivity index (χ1v) is 5.11. The first kappa shape index (κ1) is 12.3. The van der Waals surface area contributed by atoms with Gasteiger partial charge in [0.05, 0.1) is 12.3 Å². The van der Waals surface area contributed by atoms with E-state index < -0.39 is 0 Å². The smallest absolute Gasteiger partial charge is 0.221 e. The van der Waals surface area contributed by atoms with Crippen molar-refractivity contribution in [2.45, 2.75) is 20.3 Å². The molecule has 0 saturated carbocycles. The predicted octanol–water partition coefficient (Wildman–Crippen LogP) is 1.69. The van der Waals surface area contributed by atoms with Gasteiger partial charge in [-0.1, -0.05) is 17.9 Å². The highest BCUT2D eigenvalue weighted by atomic mass is 16.2. The number of anilines is 1. The fourth-order valence-corrected chi connectivity index (χ4v) is 1.27. The van der Waals surface area contributed by atoms with Gasteiger partial charge in [-0.05, 0) is 24.6 Å². The van der Waals surface area contributed by atoms with E-state index in [4.69, 9.17) is 5.11 Å². The molecule has 0 heterocycles. The fourth-order valence-electron chi connectivity index (χ4n) is 1.27. The maximum Gasteiger partial charge on any atom is 0.221 e. The Balaban J connectivity index is 2.99. The molecule has 1 aromatic carbocycles. The molecule has 0 aromatic heterocycles. The summed E-state index contributed by atoms with van der Waals surface area (Å²) in [6.07, 6.45) is 0.438. The summed E-state index contributed by atoms with van der Waals surface area (Å²) in [7, 11) is 0. The van der Waals surface area contributed by atoms with Crippen molar-refractivity contribution in [1.82, 2.24) is 0 Å². The lowest BCUT2D eigenvalue weighted by molar-refractivity contribution is -0.114. The second-order valence-electron chi connectivity index (χ2n) is 3.51. The Kier molecular flexibility index (Phi) is 4.56. The summed E-state index contributed by atoms with van der Waals surface area (Å²) in [6.45, 7) is 3.47. The maximum atomic E-state index is 11.0. The van der Waals surface area contributed by atoms with Crippen LogP contribution in [0.3, 0.4) is 0 Å². The average molecular weight is 217 g/mol. The van der Waals surface area contributed by atoms with E-state index in [1.54, 1.807) is 0 Å². The van der Waals surface area contributed by atoms with Crippen LogP contribution in [0.15, 0.2) is 18.2 Å². The number of aryl methyl sites for hydroxylation is 1. The van der Waals surface area contributed by atoms with Crippen LogP contribution in [0, 0.1) is 18.8 Å². The molecule has 3 heteroatoms. The standard InChI is InChI=1S/C13H15NO2/c1-10-6-7-12(5-3-4-8-15)13(9-10)14-11(2)16/h6-7,9,15H,4,8H2,1-2H3,(H,14,16). The second-order valence-corrected chi connectivity index (χ2v) is 3.51. The summed E-state index contributed by atoms with van der Waals surface area (Å²) in [5, 5.41) is 11.4. The lowest BCUT2D eigenvalue weighted by Crippen LogP contribution is -2.07. The van der Waals surface area contributed by atoms with Crippen LogP contribution >= 0.6 is 0 Å². The zero-order valence-electron chi connectivity index (χ0n) is 9.50. The van der Waals surface area contributed by atoms with Gasteiger partial charge in [0, 0.05) is 18.9 Å². The molecule has 0 radical (unpaired) electrons. The SMILES string of the molecule is CC(=O)Nc1cc(C)ccc1C#CCCO. The maximum absolute atomic E-state index is 11.0. The largest absolute Gasteiger partial charge is 0.395 e. The third-order valence-corrected chi connectivity index (χ3v) is 1.95. The number of rotatable bonds is 2. The molecule has 0 aliphatic carbocycles. The molecule has 2 N–H and O–H groups in total. The van der Waals surface area contributed by atoms with Crippen molar-refractivity contribution in [3.05, 3.63) is 29.3 Å². The molecular weight excluding hydrogens is 202 g/mol. The quantitative estimate of drug-likeness (QED) is 0.740. The van der Waals surface area contributed by atoms with Gasteiger partial charge in [0.2, 0.25) is 5.91 Å². The first-order valence-electron chi connectivity index (χ1n) is 5.11. The Morgan fingerprint density at radius 3 is 2.88 bits per heavy atom. The third kappa shape index (κ3) is 3.76. The number of amides is 1. The van der Waals surface area contributed by atoms with Crippen molar-refractivity contribution in [3.63, 3.8) is 0 Å². The summed E-state index contributed by atoms with van der Waals surface area (Å²) in [5.41, 5.74) is 2.56. The van der Waals surface area contributed by atoms with E-state index in [0.717, 1.165) is 16.8 Å². The second kappa shape index (κ2) is 5.94. The molecule has 0 aliphatic rings. The molecule has 0 unspecified atom stereocenters. The Labute approximate surface area is 95.5 Å². The van der Waals surface area contributed by atoms with E-state index >= 15 is 0 Å². The minimum Gasteiger partial charge on any atom is -0.395 e. The monoisotopic (exact) mass is 217 g/mol. The molecule has 0 bridgehead atoms. The van der Waals surface area contributed by atoms with Gasteiger partial charge >= 0.3 is 0 Å². The fraction of sp³-hybridized carbons (Fsp3) is 0.308. The summed E-state index contributed by atoms with van der Waals surface area (Å²) in [6, 6.07) is 5.68. The minimum atomic E-state index is -0.115. The summed E-state index contributed by atoms with van der Waals surface area (Å²) < 4.78 is 0. The molecule has 1 amide bonds. The van der Waals surface area contributed by atoms with E-state index in [-0.39, 0.29) is 12.5 Å². The van der Waals surface area contributed by atoms with Gasteiger partial charge in [0.1, 0.15) is 0 Å². The molecule has 0 fully saturated rings. The van der Waals surface area contributed by atoms with Crippen LogP contribution in [0.4, 0.5) is 5.69 Å². The highest BCUT2D eigenvalue weighted by molar-refractivity contribution is 5.90. The van der Waals surface area contributed by atoms with Crippen LogP contribution < -0.4 is 5.32 Å². The highest BCUT2D eigenvalue weighted by Crippen LogP contribution is 2.16. The lowest BCUT2D eigenvalue weighted by atomic mass is 10.1. The number of benzene rings is 1. The van der Waals surface area contributed by atoms with Crippen molar-refractivity contribution < 1.29 is 9.90 Å². The molecule has 0 spiro atoms. The zero-order chi connectivity index (χ0) is 12.0. The Bertz CT molecular complexity index is 441.